The molecule has 0 atom stereocenters. The number of benzene rings is 1. The maximum absolute atomic E-state index is 14.1. The third-order valence-corrected chi connectivity index (χ3v) is 5.62. The second kappa shape index (κ2) is 8.33. The topological polar surface area (TPSA) is 59.1 Å². The summed E-state index contributed by atoms with van der Waals surface area (Å²) >= 11 is 6.17. The number of hydrogen-bond acceptors (Lipinski definition) is 5. The third kappa shape index (κ3) is 3.84. The van der Waals surface area contributed by atoms with E-state index in [-0.39, 0.29) is 17.0 Å². The first kappa shape index (κ1) is 20.6. The molecule has 2 rings (SSSR count). The number of carbonyl (C=O) groups is 2. The lowest BCUT2D eigenvalue weighted by Gasteiger charge is -2.44. The van der Waals surface area contributed by atoms with Crippen LogP contribution in [0.2, 0.25) is 5.02 Å². The second-order valence-corrected chi connectivity index (χ2v) is 6.80. The third-order valence-electron chi connectivity index (χ3n) is 5.10. The molecule has 0 unspecified atom stereocenters. The fraction of sp³-hybridized carbons (Fsp3) is 0.556. The Bertz CT molecular complexity index is 690. The fourth-order valence-electron chi connectivity index (χ4n) is 3.29. The lowest BCUT2D eigenvalue weighted by Crippen LogP contribution is -2.61. The summed E-state index contributed by atoms with van der Waals surface area (Å²) in [6, 6.07) is 2.85. The van der Waals surface area contributed by atoms with E-state index in [1.54, 1.807) is 32.2 Å². The largest absolute Gasteiger partial charge is 0.467 e. The Labute approximate surface area is 157 Å². The molecule has 144 valence electrons. The van der Waals surface area contributed by atoms with Crippen molar-refractivity contribution in [2.45, 2.75) is 31.7 Å². The van der Waals surface area contributed by atoms with Crippen molar-refractivity contribution in [2.24, 2.45) is 0 Å². The number of methoxy groups -OCH3 is 1. The van der Waals surface area contributed by atoms with Crippen molar-refractivity contribution < 1.29 is 23.6 Å². The van der Waals surface area contributed by atoms with Crippen LogP contribution in [-0.2, 0) is 25.6 Å². The summed E-state index contributed by atoms with van der Waals surface area (Å²) < 4.78 is 19.1. The molecule has 8 heteroatoms. The second-order valence-electron chi connectivity index (χ2n) is 6.42. The molecule has 0 saturated carbocycles. The molecule has 26 heavy (non-hydrogen) atoms. The zero-order valence-electron chi connectivity index (χ0n) is 15.5. The minimum atomic E-state index is -1.10. The Kier molecular flexibility index (Phi) is 6.60. The molecule has 6 nitrogen and oxygen atoms in total. The molecule has 0 aliphatic carbocycles. The van der Waals surface area contributed by atoms with Gasteiger partial charge in [0.25, 0.3) is 0 Å². The monoisotopic (exact) mass is 386 g/mol. The number of piperidine rings is 1. The molecular weight excluding hydrogens is 363 g/mol. The Morgan fingerprint density at radius 1 is 1.31 bits per heavy atom. The minimum Gasteiger partial charge on any atom is -0.467 e. The highest BCUT2D eigenvalue weighted by molar-refractivity contribution is 6.32. The average Bonchev–Trinajstić information content (AvgIpc) is 2.66. The molecule has 1 aromatic rings. The van der Waals surface area contributed by atoms with Crippen molar-refractivity contribution in [1.29, 1.82) is 0 Å². The van der Waals surface area contributed by atoms with Gasteiger partial charge in [-0.1, -0.05) is 17.7 Å². The van der Waals surface area contributed by atoms with E-state index in [0.717, 1.165) is 0 Å². The van der Waals surface area contributed by atoms with E-state index in [0.29, 0.717) is 31.5 Å². The fourth-order valence-corrected chi connectivity index (χ4v) is 3.51. The van der Waals surface area contributed by atoms with Crippen LogP contribution >= 0.6 is 11.6 Å². The van der Waals surface area contributed by atoms with Crippen LogP contribution in [0.25, 0.3) is 0 Å². The summed E-state index contributed by atoms with van der Waals surface area (Å²) in [7, 11) is 4.40. The van der Waals surface area contributed by atoms with E-state index in [2.05, 4.69) is 0 Å². The Balaban J connectivity index is 2.26. The number of hydroxylamine groups is 2. The van der Waals surface area contributed by atoms with Gasteiger partial charge >= 0.3 is 5.97 Å². The zero-order chi connectivity index (χ0) is 19.5. The number of nitrogens with zero attached hydrogens (tertiary/aromatic N) is 2. The van der Waals surface area contributed by atoms with E-state index in [9.17, 15) is 14.0 Å². The molecule has 1 aliphatic rings. The molecule has 0 spiro atoms. The van der Waals surface area contributed by atoms with Crippen LogP contribution in [0.15, 0.2) is 12.1 Å². The van der Waals surface area contributed by atoms with Gasteiger partial charge in [-0.3, -0.25) is 4.79 Å². The predicted octanol–water partition coefficient (Wildman–Crippen LogP) is 2.36. The maximum Gasteiger partial charge on any atom is 0.331 e. The van der Waals surface area contributed by atoms with Gasteiger partial charge in [-0.25, -0.2) is 9.18 Å². The highest BCUT2D eigenvalue weighted by Gasteiger charge is 2.48. The molecule has 0 N–H and O–H groups in total. The van der Waals surface area contributed by atoms with Gasteiger partial charge < -0.3 is 14.5 Å². The lowest BCUT2D eigenvalue weighted by atomic mass is 9.86. The van der Waals surface area contributed by atoms with E-state index in [4.69, 9.17) is 21.2 Å². The smallest absolute Gasteiger partial charge is 0.331 e. The van der Waals surface area contributed by atoms with Gasteiger partial charge in [0.1, 0.15) is 11.4 Å². The van der Waals surface area contributed by atoms with Crippen LogP contribution in [0.4, 0.5) is 4.39 Å². The summed E-state index contributed by atoms with van der Waals surface area (Å²) in [6.45, 7) is 2.70. The van der Waals surface area contributed by atoms with Crippen molar-refractivity contribution in [3.63, 3.8) is 0 Å². The van der Waals surface area contributed by atoms with Crippen LogP contribution in [-0.4, -0.2) is 61.7 Å². The standard InChI is InChI=1S/C18H24ClFN2O4/c1-12-5-6-14(20)13(16(12)19)11-15(23)21(2)18(17(24)25-3)7-9-22(26-4)10-8-18/h5-6H,7-11H2,1-4H3. The normalized spacial score (nSPS) is 17.0. The minimum absolute atomic E-state index is 0.137. The van der Waals surface area contributed by atoms with Crippen LogP contribution in [0.5, 0.6) is 0 Å². The van der Waals surface area contributed by atoms with Gasteiger partial charge in [-0.15, -0.1) is 0 Å². The Hall–Kier alpha value is -1.70. The summed E-state index contributed by atoms with van der Waals surface area (Å²) in [5.74, 6) is -1.42. The van der Waals surface area contributed by atoms with Gasteiger partial charge in [-0.05, 0) is 31.4 Å². The van der Waals surface area contributed by atoms with Crippen molar-refractivity contribution >= 4 is 23.5 Å². The molecule has 1 aromatic carbocycles. The zero-order valence-corrected chi connectivity index (χ0v) is 16.2. The highest BCUT2D eigenvalue weighted by Crippen LogP contribution is 2.31. The van der Waals surface area contributed by atoms with Gasteiger partial charge in [-0.2, -0.15) is 5.06 Å². The summed E-state index contributed by atoms with van der Waals surface area (Å²) in [4.78, 5) is 31.9. The van der Waals surface area contributed by atoms with Crippen LogP contribution in [0.1, 0.15) is 24.0 Å². The maximum atomic E-state index is 14.1. The lowest BCUT2D eigenvalue weighted by molar-refractivity contribution is -0.183. The molecule has 1 heterocycles. The number of carbonyl (C=O) groups excluding carboxylic acids is 2. The molecule has 1 fully saturated rings. The number of aryl methyl sites for hydroxylation is 1. The van der Waals surface area contributed by atoms with Crippen molar-refractivity contribution in [3.8, 4) is 0 Å². The van der Waals surface area contributed by atoms with Crippen molar-refractivity contribution in [1.82, 2.24) is 9.96 Å². The number of halogens is 2. The quantitative estimate of drug-likeness (QED) is 0.727. The highest BCUT2D eigenvalue weighted by atomic mass is 35.5. The van der Waals surface area contributed by atoms with Crippen molar-refractivity contribution in [2.75, 3.05) is 34.4 Å². The summed E-state index contributed by atoms with van der Waals surface area (Å²) in [5.41, 5.74) is -0.277. The SMILES string of the molecule is COC(=O)C1(N(C)C(=O)Cc2c(F)ccc(C)c2Cl)CCN(OC)CC1. The Morgan fingerprint density at radius 2 is 1.92 bits per heavy atom. The molecular formula is C18H24ClFN2O4. The first-order valence-electron chi connectivity index (χ1n) is 8.34. The molecule has 1 aliphatic heterocycles. The van der Waals surface area contributed by atoms with Gasteiger partial charge in [0.2, 0.25) is 5.91 Å². The molecule has 0 radical (unpaired) electrons. The van der Waals surface area contributed by atoms with Gasteiger partial charge in [0, 0.05) is 25.7 Å². The van der Waals surface area contributed by atoms with Crippen molar-refractivity contribution in [3.05, 3.63) is 34.1 Å². The van der Waals surface area contributed by atoms with E-state index < -0.39 is 23.2 Å². The number of amides is 1. The van der Waals surface area contributed by atoms with E-state index in [1.807, 2.05) is 0 Å². The van der Waals surface area contributed by atoms with Crippen LogP contribution in [0.3, 0.4) is 0 Å². The molecule has 0 aromatic heterocycles. The van der Waals surface area contributed by atoms with Crippen LogP contribution in [0, 0.1) is 12.7 Å². The number of hydrogen-bond donors (Lipinski definition) is 0. The first-order valence-corrected chi connectivity index (χ1v) is 8.72. The van der Waals surface area contributed by atoms with Gasteiger partial charge in [0.15, 0.2) is 0 Å². The van der Waals surface area contributed by atoms with E-state index in [1.165, 1.54) is 18.1 Å². The molecule has 1 saturated heterocycles. The van der Waals surface area contributed by atoms with Gasteiger partial charge in [0.05, 0.1) is 25.7 Å². The van der Waals surface area contributed by atoms with Crippen LogP contribution < -0.4 is 0 Å². The van der Waals surface area contributed by atoms with E-state index >= 15 is 0 Å². The summed E-state index contributed by atoms with van der Waals surface area (Å²) in [6.07, 6.45) is 0.495. The number of ether oxygens (including phenoxy) is 1. The summed E-state index contributed by atoms with van der Waals surface area (Å²) in [5, 5.41) is 1.95. The molecule has 1 amide bonds. The number of likely N-dealkylation sites (N-methyl/N-ethyl adjacent to an activating group) is 1. The number of rotatable bonds is 5. The Morgan fingerprint density at radius 3 is 2.46 bits per heavy atom. The average molecular weight is 387 g/mol. The predicted molar refractivity (Wildman–Crippen MR) is 95.2 cm³/mol. The number of esters is 1. The molecule has 0 bridgehead atoms. The first-order chi connectivity index (χ1) is 12.3.